The molecule has 8 nitrogen and oxygen atoms in total. The van der Waals surface area contributed by atoms with Crippen LogP contribution >= 0.6 is 11.6 Å². The minimum Gasteiger partial charge on any atom is -0.484 e. The smallest absolute Gasteiger partial charge is 0.270 e. The molecule has 3 aliphatic rings. The van der Waals surface area contributed by atoms with Gasteiger partial charge in [0.05, 0.1) is 22.2 Å². The van der Waals surface area contributed by atoms with Crippen LogP contribution in [0.2, 0.25) is 5.02 Å². The molecule has 0 aliphatic heterocycles. The normalized spacial score (nSPS) is 25.7. The summed E-state index contributed by atoms with van der Waals surface area (Å²) in [5.74, 6) is -1.26. The molecule has 10 heteroatoms. The number of rotatable bonds is 6. The number of carbonyl (C=O) groups excluding carboxylic acids is 2. The zero-order chi connectivity index (χ0) is 23.6. The van der Waals surface area contributed by atoms with Crippen molar-refractivity contribution in [2.75, 3.05) is 6.61 Å². The average molecular weight is 473 g/mol. The number of nitrogens with one attached hydrogen (secondary N) is 2. The number of hydrogen-bond acceptors (Lipinski definition) is 6. The summed E-state index contributed by atoms with van der Waals surface area (Å²) < 4.78 is 18.9. The summed E-state index contributed by atoms with van der Waals surface area (Å²) >= 11 is 5.64. The maximum Gasteiger partial charge on any atom is 0.270 e. The van der Waals surface area contributed by atoms with E-state index in [1.54, 1.807) is 0 Å². The first-order chi connectivity index (χ1) is 15.7. The van der Waals surface area contributed by atoms with E-state index in [1.165, 1.54) is 30.5 Å². The molecule has 3 aliphatic carbocycles. The molecule has 5 rings (SSSR count). The van der Waals surface area contributed by atoms with Crippen molar-refractivity contribution < 1.29 is 23.8 Å². The zero-order valence-electron chi connectivity index (χ0n) is 17.6. The highest BCUT2D eigenvalue weighted by molar-refractivity contribution is 6.30. The van der Waals surface area contributed by atoms with Crippen LogP contribution in [-0.2, 0) is 4.79 Å². The molecule has 0 unspecified atom stereocenters. The second-order valence-electron chi connectivity index (χ2n) is 8.57. The molecule has 2 aromatic rings. The lowest BCUT2D eigenvalue weighted by Crippen LogP contribution is -2.70. The van der Waals surface area contributed by atoms with Crippen molar-refractivity contribution in [1.29, 1.82) is 5.26 Å². The third-order valence-electron chi connectivity index (χ3n) is 6.47. The predicted molar refractivity (Wildman–Crippen MR) is 116 cm³/mol. The number of hydrogen-bond donors (Lipinski definition) is 3. The zero-order valence-corrected chi connectivity index (χ0v) is 18.4. The topological polar surface area (TPSA) is 124 Å². The van der Waals surface area contributed by atoms with Crippen LogP contribution in [0.15, 0.2) is 36.5 Å². The van der Waals surface area contributed by atoms with Crippen LogP contribution in [0, 0.1) is 17.1 Å². The van der Waals surface area contributed by atoms with Crippen LogP contribution < -0.4 is 15.4 Å². The summed E-state index contributed by atoms with van der Waals surface area (Å²) in [4.78, 5) is 29.2. The van der Waals surface area contributed by atoms with Gasteiger partial charge in [-0.05, 0) is 56.4 Å². The molecule has 1 atom stereocenters. The van der Waals surface area contributed by atoms with Crippen LogP contribution in [-0.4, -0.2) is 45.7 Å². The van der Waals surface area contributed by atoms with Crippen LogP contribution in [0.25, 0.3) is 0 Å². The third-order valence-corrected chi connectivity index (χ3v) is 6.78. The van der Waals surface area contributed by atoms with Gasteiger partial charge in [0.1, 0.15) is 23.3 Å². The molecule has 1 aromatic heterocycles. The number of aliphatic hydroxyl groups is 1. The van der Waals surface area contributed by atoms with Gasteiger partial charge in [0.25, 0.3) is 11.8 Å². The second-order valence-corrected chi connectivity index (χ2v) is 8.97. The van der Waals surface area contributed by atoms with Gasteiger partial charge >= 0.3 is 0 Å². The molecule has 33 heavy (non-hydrogen) atoms. The number of aliphatic hydroxyl groups excluding tert-OH is 1. The van der Waals surface area contributed by atoms with Crippen LogP contribution in [0.5, 0.6) is 5.75 Å². The Morgan fingerprint density at radius 1 is 1.24 bits per heavy atom. The quantitative estimate of drug-likeness (QED) is 0.593. The molecule has 0 saturated heterocycles. The Morgan fingerprint density at radius 2 is 2.00 bits per heavy atom. The van der Waals surface area contributed by atoms with Gasteiger partial charge < -0.3 is 20.5 Å². The van der Waals surface area contributed by atoms with E-state index >= 15 is 0 Å². The van der Waals surface area contributed by atoms with Gasteiger partial charge in [0, 0.05) is 17.8 Å². The molecule has 3 saturated carbocycles. The highest BCUT2D eigenvalue weighted by Crippen LogP contribution is 2.47. The Kier molecular flexibility index (Phi) is 6.23. The third kappa shape index (κ3) is 4.77. The van der Waals surface area contributed by atoms with Crippen molar-refractivity contribution >= 4 is 23.4 Å². The van der Waals surface area contributed by atoms with Crippen molar-refractivity contribution in [3.8, 4) is 11.8 Å². The largest absolute Gasteiger partial charge is 0.484 e. The minimum atomic E-state index is -0.855. The Morgan fingerprint density at radius 3 is 2.61 bits per heavy atom. The molecule has 0 spiro atoms. The van der Waals surface area contributed by atoms with Gasteiger partial charge in [-0.2, -0.15) is 5.26 Å². The van der Waals surface area contributed by atoms with Crippen molar-refractivity contribution in [2.45, 2.75) is 49.3 Å². The number of nitriles is 1. The number of amides is 2. The van der Waals surface area contributed by atoms with Gasteiger partial charge in [0.15, 0.2) is 6.61 Å². The monoisotopic (exact) mass is 472 g/mol. The Hall–Kier alpha value is -3.22. The van der Waals surface area contributed by atoms with Gasteiger partial charge in [-0.3, -0.25) is 9.59 Å². The lowest BCUT2D eigenvalue weighted by atomic mass is 9.60. The van der Waals surface area contributed by atoms with E-state index < -0.39 is 28.9 Å². The number of aromatic nitrogens is 1. The van der Waals surface area contributed by atoms with E-state index in [4.69, 9.17) is 21.6 Å². The Labute approximate surface area is 194 Å². The standard InChI is InChI=1S/C23H22ClFN4O4/c24-16-3-2-15(9-17(16)25)33-13-20(31)28-23-7-5-22(6-8-23,10-19(23)30)29-21(32)18-4-1-14(11-26)12-27-18/h1-4,9,12,19,30H,5-8,10,13H2,(H,28,31)(H,29,32)/t19-,22?,23?/m0/s1. The first-order valence-electron chi connectivity index (χ1n) is 10.5. The highest BCUT2D eigenvalue weighted by atomic mass is 35.5. The van der Waals surface area contributed by atoms with Crippen molar-refractivity contribution in [2.24, 2.45) is 0 Å². The lowest BCUT2D eigenvalue weighted by molar-refractivity contribution is -0.132. The predicted octanol–water partition coefficient (Wildman–Crippen LogP) is 2.49. The molecular formula is C23H22ClFN4O4. The summed E-state index contributed by atoms with van der Waals surface area (Å²) in [5.41, 5.74) is -0.827. The average Bonchev–Trinajstić information content (AvgIpc) is 2.81. The van der Waals surface area contributed by atoms with E-state index in [0.717, 1.165) is 6.07 Å². The van der Waals surface area contributed by atoms with E-state index in [0.29, 0.717) is 37.7 Å². The van der Waals surface area contributed by atoms with Crippen LogP contribution in [0.4, 0.5) is 4.39 Å². The first-order valence-corrected chi connectivity index (χ1v) is 10.9. The summed E-state index contributed by atoms with van der Waals surface area (Å²) in [5, 5.41) is 25.6. The summed E-state index contributed by atoms with van der Waals surface area (Å²) in [6, 6.07) is 8.88. The molecule has 172 valence electrons. The van der Waals surface area contributed by atoms with Crippen molar-refractivity contribution in [3.63, 3.8) is 0 Å². The van der Waals surface area contributed by atoms with Crippen molar-refractivity contribution in [3.05, 3.63) is 58.6 Å². The van der Waals surface area contributed by atoms with E-state index in [-0.39, 0.29) is 29.0 Å². The van der Waals surface area contributed by atoms with E-state index in [2.05, 4.69) is 15.6 Å². The fourth-order valence-electron chi connectivity index (χ4n) is 4.59. The molecule has 0 radical (unpaired) electrons. The van der Waals surface area contributed by atoms with Crippen molar-refractivity contribution in [1.82, 2.24) is 15.6 Å². The molecule has 2 bridgehead atoms. The Bertz CT molecular complexity index is 1110. The molecule has 3 N–H and O–H groups in total. The summed E-state index contributed by atoms with van der Waals surface area (Å²) in [6.07, 6.45) is 2.90. The van der Waals surface area contributed by atoms with Crippen LogP contribution in [0.3, 0.4) is 0 Å². The number of carbonyl (C=O) groups is 2. The number of pyridine rings is 1. The first kappa shape index (κ1) is 23.0. The molecule has 2 amide bonds. The molecule has 1 heterocycles. The molecule has 3 fully saturated rings. The van der Waals surface area contributed by atoms with Gasteiger partial charge in [-0.25, -0.2) is 9.37 Å². The number of ether oxygens (including phenoxy) is 1. The molecular weight excluding hydrogens is 451 g/mol. The highest BCUT2D eigenvalue weighted by Gasteiger charge is 2.55. The number of fused-ring (bicyclic) bond motifs is 3. The maximum absolute atomic E-state index is 13.5. The SMILES string of the molecule is N#Cc1ccc(C(=O)NC23CCC(NC(=O)COc4ccc(Cl)c(F)c4)(CC2)[C@@H](O)C3)nc1. The van der Waals surface area contributed by atoms with E-state index in [1.807, 2.05) is 6.07 Å². The molecule has 1 aromatic carbocycles. The lowest BCUT2D eigenvalue weighted by Gasteiger charge is -2.56. The number of halogens is 2. The maximum atomic E-state index is 13.5. The van der Waals surface area contributed by atoms with Gasteiger partial charge in [0.2, 0.25) is 0 Å². The fraction of sp³-hybridized carbons (Fsp3) is 0.391. The Balaban J connectivity index is 1.34. The van der Waals surface area contributed by atoms with Gasteiger partial charge in [-0.1, -0.05) is 11.6 Å². The second kappa shape index (κ2) is 8.96. The summed E-state index contributed by atoms with van der Waals surface area (Å²) in [7, 11) is 0. The number of nitrogens with zero attached hydrogens (tertiary/aromatic N) is 2. The van der Waals surface area contributed by atoms with Crippen LogP contribution in [0.1, 0.15) is 48.2 Å². The van der Waals surface area contributed by atoms with Gasteiger partial charge in [-0.15, -0.1) is 0 Å². The number of benzene rings is 1. The van der Waals surface area contributed by atoms with E-state index in [9.17, 15) is 19.1 Å². The fourth-order valence-corrected chi connectivity index (χ4v) is 4.71. The minimum absolute atomic E-state index is 0.0382. The summed E-state index contributed by atoms with van der Waals surface area (Å²) in [6.45, 7) is -0.332.